The van der Waals surface area contributed by atoms with Gasteiger partial charge in [0.05, 0.1) is 10.8 Å². The van der Waals surface area contributed by atoms with Gasteiger partial charge in [-0.2, -0.15) is 0 Å². The first-order valence-electron chi connectivity index (χ1n) is 11.3. The summed E-state index contributed by atoms with van der Waals surface area (Å²) < 4.78 is 0. The van der Waals surface area contributed by atoms with Crippen LogP contribution < -0.4 is 0 Å². The highest BCUT2D eigenvalue weighted by atomic mass is 16.4. The normalized spacial score (nSPS) is 15.9. The number of carboxylic acids is 2. The van der Waals surface area contributed by atoms with E-state index in [1.54, 1.807) is 0 Å². The molecule has 0 bridgehead atoms. The molecule has 0 aromatic rings. The lowest BCUT2D eigenvalue weighted by Gasteiger charge is -2.31. The predicted molar refractivity (Wildman–Crippen MR) is 112 cm³/mol. The van der Waals surface area contributed by atoms with Crippen LogP contribution in [0.5, 0.6) is 0 Å². The van der Waals surface area contributed by atoms with Gasteiger partial charge in [0, 0.05) is 0 Å². The zero-order valence-corrected chi connectivity index (χ0v) is 18.3. The first-order chi connectivity index (χ1) is 12.8. The van der Waals surface area contributed by atoms with Crippen LogP contribution in [-0.2, 0) is 9.59 Å². The third-order valence-electron chi connectivity index (χ3n) is 6.19. The molecule has 4 heteroatoms. The third kappa shape index (κ3) is 8.66. The fourth-order valence-electron chi connectivity index (χ4n) is 4.48. The van der Waals surface area contributed by atoms with Crippen LogP contribution in [-0.4, -0.2) is 22.2 Å². The SMILES string of the molecule is CCCCC(CCC)(CCCCCC(CCC)(CCCC)C(=O)O)C(=O)O. The van der Waals surface area contributed by atoms with Crippen LogP contribution in [0.3, 0.4) is 0 Å². The van der Waals surface area contributed by atoms with Crippen molar-refractivity contribution in [3.63, 3.8) is 0 Å². The Morgan fingerprint density at radius 3 is 1.11 bits per heavy atom. The summed E-state index contributed by atoms with van der Waals surface area (Å²) in [6.45, 7) is 8.33. The molecular formula is C23H44O4. The standard InChI is InChI=1S/C23H44O4/c1-5-9-16-22(14-7-3,20(24)25)18-12-11-13-19-23(15-8-4,21(26)27)17-10-6-2/h5-19H2,1-4H3,(H,24,25)(H,26,27). The Bertz CT molecular complexity index is 383. The highest BCUT2D eigenvalue weighted by Crippen LogP contribution is 2.39. The van der Waals surface area contributed by atoms with E-state index >= 15 is 0 Å². The topological polar surface area (TPSA) is 74.6 Å². The second-order valence-electron chi connectivity index (χ2n) is 8.44. The van der Waals surface area contributed by atoms with Crippen molar-refractivity contribution < 1.29 is 19.8 Å². The molecule has 0 radical (unpaired) electrons. The molecular weight excluding hydrogens is 340 g/mol. The Hall–Kier alpha value is -1.06. The van der Waals surface area contributed by atoms with E-state index in [1.807, 2.05) is 0 Å². The molecule has 2 unspecified atom stereocenters. The lowest BCUT2D eigenvalue weighted by Crippen LogP contribution is -2.32. The van der Waals surface area contributed by atoms with Crippen molar-refractivity contribution in [1.82, 2.24) is 0 Å². The van der Waals surface area contributed by atoms with Crippen LogP contribution in [0.1, 0.15) is 124 Å². The summed E-state index contributed by atoms with van der Waals surface area (Å²) in [4.78, 5) is 23.9. The summed E-state index contributed by atoms with van der Waals surface area (Å²) in [5.74, 6) is -1.29. The number of hydrogen-bond acceptors (Lipinski definition) is 2. The maximum Gasteiger partial charge on any atom is 0.309 e. The van der Waals surface area contributed by atoms with E-state index in [-0.39, 0.29) is 0 Å². The molecule has 0 aliphatic carbocycles. The molecule has 0 aliphatic rings. The van der Waals surface area contributed by atoms with Crippen LogP contribution in [0.25, 0.3) is 0 Å². The number of hydrogen-bond donors (Lipinski definition) is 2. The molecule has 0 aromatic carbocycles. The highest BCUT2D eigenvalue weighted by molar-refractivity contribution is 5.75. The molecule has 2 atom stereocenters. The average Bonchev–Trinajstić information content (AvgIpc) is 2.63. The number of rotatable bonds is 18. The van der Waals surface area contributed by atoms with Gasteiger partial charge >= 0.3 is 11.9 Å². The van der Waals surface area contributed by atoms with E-state index in [1.165, 1.54) is 0 Å². The smallest absolute Gasteiger partial charge is 0.309 e. The first kappa shape index (κ1) is 25.9. The number of carbonyl (C=O) groups is 2. The third-order valence-corrected chi connectivity index (χ3v) is 6.19. The Kier molecular flexibility index (Phi) is 13.5. The first-order valence-corrected chi connectivity index (χ1v) is 11.3. The Morgan fingerprint density at radius 2 is 0.852 bits per heavy atom. The molecule has 0 aliphatic heterocycles. The Labute approximate surface area is 167 Å². The minimum Gasteiger partial charge on any atom is -0.481 e. The Balaban J connectivity index is 4.75. The molecule has 0 saturated carbocycles. The monoisotopic (exact) mass is 384 g/mol. The number of unbranched alkanes of at least 4 members (excludes halogenated alkanes) is 4. The Morgan fingerprint density at radius 1 is 0.519 bits per heavy atom. The van der Waals surface area contributed by atoms with Gasteiger partial charge in [-0.3, -0.25) is 9.59 Å². The van der Waals surface area contributed by atoms with E-state index in [4.69, 9.17) is 0 Å². The van der Waals surface area contributed by atoms with Crippen molar-refractivity contribution in [3.8, 4) is 0 Å². The van der Waals surface area contributed by atoms with Gasteiger partial charge in [-0.25, -0.2) is 0 Å². The van der Waals surface area contributed by atoms with Gasteiger partial charge in [-0.1, -0.05) is 85.5 Å². The van der Waals surface area contributed by atoms with E-state index in [0.29, 0.717) is 0 Å². The zero-order chi connectivity index (χ0) is 20.8. The quantitative estimate of drug-likeness (QED) is 0.248. The maximum atomic E-state index is 12.0. The molecule has 0 rings (SSSR count). The molecule has 0 fully saturated rings. The molecule has 160 valence electrons. The number of carboxylic acid groups (broad SMARTS) is 2. The average molecular weight is 385 g/mol. The zero-order valence-electron chi connectivity index (χ0n) is 18.3. The summed E-state index contributed by atoms with van der Waals surface area (Å²) in [6.07, 6.45) is 12.9. The molecule has 4 nitrogen and oxygen atoms in total. The molecule has 0 saturated heterocycles. The summed E-state index contributed by atoms with van der Waals surface area (Å²) in [5.41, 5.74) is -1.17. The maximum absolute atomic E-state index is 12.0. The van der Waals surface area contributed by atoms with Gasteiger partial charge in [0.1, 0.15) is 0 Å². The van der Waals surface area contributed by atoms with Gasteiger partial charge in [0.25, 0.3) is 0 Å². The second-order valence-corrected chi connectivity index (χ2v) is 8.44. The molecule has 2 N–H and O–H groups in total. The van der Waals surface area contributed by atoms with Crippen LogP contribution in [0.4, 0.5) is 0 Å². The van der Waals surface area contributed by atoms with Crippen LogP contribution in [0, 0.1) is 10.8 Å². The minimum atomic E-state index is -0.647. The predicted octanol–water partition coefficient (Wildman–Crippen LogP) is 7.06. The number of aliphatic carboxylic acids is 2. The summed E-state index contributed by atoms with van der Waals surface area (Å²) in [7, 11) is 0. The fourth-order valence-corrected chi connectivity index (χ4v) is 4.48. The van der Waals surface area contributed by atoms with E-state index in [0.717, 1.165) is 96.3 Å². The van der Waals surface area contributed by atoms with Crippen molar-refractivity contribution in [3.05, 3.63) is 0 Å². The lowest BCUT2D eigenvalue weighted by atomic mass is 9.73. The van der Waals surface area contributed by atoms with Crippen LogP contribution in [0.2, 0.25) is 0 Å². The van der Waals surface area contributed by atoms with E-state index in [2.05, 4.69) is 27.7 Å². The van der Waals surface area contributed by atoms with Crippen LogP contribution >= 0.6 is 0 Å². The minimum absolute atomic E-state index is 0.583. The molecule has 0 heterocycles. The van der Waals surface area contributed by atoms with Gasteiger partial charge in [-0.15, -0.1) is 0 Å². The fraction of sp³-hybridized carbons (Fsp3) is 0.913. The molecule has 27 heavy (non-hydrogen) atoms. The molecule has 0 amide bonds. The van der Waals surface area contributed by atoms with Crippen LogP contribution in [0.15, 0.2) is 0 Å². The molecule has 0 aromatic heterocycles. The van der Waals surface area contributed by atoms with Crippen molar-refractivity contribution in [2.75, 3.05) is 0 Å². The van der Waals surface area contributed by atoms with Crippen molar-refractivity contribution in [2.45, 2.75) is 124 Å². The van der Waals surface area contributed by atoms with E-state index in [9.17, 15) is 19.8 Å². The van der Waals surface area contributed by atoms with Gasteiger partial charge in [-0.05, 0) is 38.5 Å². The lowest BCUT2D eigenvalue weighted by molar-refractivity contribution is -0.151. The summed E-state index contributed by atoms with van der Waals surface area (Å²) in [6, 6.07) is 0. The van der Waals surface area contributed by atoms with Gasteiger partial charge < -0.3 is 10.2 Å². The second kappa shape index (κ2) is 14.0. The van der Waals surface area contributed by atoms with Crippen molar-refractivity contribution in [2.24, 2.45) is 10.8 Å². The van der Waals surface area contributed by atoms with Crippen molar-refractivity contribution >= 4 is 11.9 Å². The molecule has 0 spiro atoms. The summed E-state index contributed by atoms with van der Waals surface area (Å²) >= 11 is 0. The van der Waals surface area contributed by atoms with E-state index < -0.39 is 22.8 Å². The highest BCUT2D eigenvalue weighted by Gasteiger charge is 2.37. The summed E-state index contributed by atoms with van der Waals surface area (Å²) in [5, 5.41) is 19.7. The van der Waals surface area contributed by atoms with Gasteiger partial charge in [0.2, 0.25) is 0 Å². The van der Waals surface area contributed by atoms with Crippen molar-refractivity contribution in [1.29, 1.82) is 0 Å². The van der Waals surface area contributed by atoms with Gasteiger partial charge in [0.15, 0.2) is 0 Å². The largest absolute Gasteiger partial charge is 0.481 e.